The van der Waals surface area contributed by atoms with Crippen molar-refractivity contribution in [1.29, 1.82) is 0 Å². The summed E-state index contributed by atoms with van der Waals surface area (Å²) in [6.07, 6.45) is 4.57. The molecule has 4 rings (SSSR count). The number of hydrogen-bond donors (Lipinski definition) is 1. The van der Waals surface area contributed by atoms with Crippen molar-refractivity contribution in [1.82, 2.24) is 4.98 Å². The number of nitrogens with one attached hydrogen (secondary N) is 1. The van der Waals surface area contributed by atoms with Crippen molar-refractivity contribution in [3.63, 3.8) is 0 Å². The van der Waals surface area contributed by atoms with Crippen LogP contribution in [0.3, 0.4) is 0 Å². The minimum absolute atomic E-state index is 0.0316. The Kier molecular flexibility index (Phi) is 8.93. The number of benzene rings is 3. The van der Waals surface area contributed by atoms with E-state index in [1.165, 1.54) is 18.2 Å². The number of unbranched alkanes of at least 4 members (excludes halogenated alkanes) is 1. The van der Waals surface area contributed by atoms with E-state index >= 15 is 0 Å². The fraction of sp³-hybridized carbons (Fsp3) is 0.250. The maximum absolute atomic E-state index is 12.6. The lowest BCUT2D eigenvalue weighted by atomic mass is 9.85. The Balaban J connectivity index is 1.42. The number of esters is 1. The molecule has 5 heteroatoms. The molecule has 190 valence electrons. The fourth-order valence-electron chi connectivity index (χ4n) is 4.61. The molecule has 1 N–H and O–H groups in total. The van der Waals surface area contributed by atoms with Crippen LogP contribution in [0.1, 0.15) is 53.5 Å². The molecule has 1 atom stereocenters. The van der Waals surface area contributed by atoms with Gasteiger partial charge in [-0.2, -0.15) is 0 Å². The first-order valence-electron chi connectivity index (χ1n) is 12.7. The highest BCUT2D eigenvalue weighted by molar-refractivity contribution is 5.74. The smallest absolute Gasteiger partial charge is 0.346 e. The molecule has 37 heavy (non-hydrogen) atoms. The van der Waals surface area contributed by atoms with Crippen LogP contribution in [0.5, 0.6) is 5.75 Å². The monoisotopic (exact) mass is 495 g/mol. The van der Waals surface area contributed by atoms with Crippen molar-refractivity contribution in [2.75, 3.05) is 7.11 Å². The largest absolute Gasteiger partial charge is 0.479 e. The van der Waals surface area contributed by atoms with E-state index in [4.69, 9.17) is 9.47 Å². The summed E-state index contributed by atoms with van der Waals surface area (Å²) in [7, 11) is 1.35. The molecule has 0 aliphatic carbocycles. The van der Waals surface area contributed by atoms with E-state index in [0.29, 0.717) is 12.2 Å². The second kappa shape index (κ2) is 12.7. The van der Waals surface area contributed by atoms with Crippen molar-refractivity contribution < 1.29 is 14.3 Å². The van der Waals surface area contributed by atoms with Crippen LogP contribution in [0.4, 0.5) is 0 Å². The van der Waals surface area contributed by atoms with Gasteiger partial charge in [0.15, 0.2) is 6.10 Å². The van der Waals surface area contributed by atoms with Gasteiger partial charge >= 0.3 is 5.97 Å². The van der Waals surface area contributed by atoms with Crippen LogP contribution in [0.2, 0.25) is 0 Å². The topological polar surface area (TPSA) is 68.4 Å². The number of rotatable bonds is 11. The van der Waals surface area contributed by atoms with Gasteiger partial charge < -0.3 is 14.5 Å². The third-order valence-electron chi connectivity index (χ3n) is 6.51. The zero-order valence-electron chi connectivity index (χ0n) is 21.4. The lowest BCUT2D eigenvalue weighted by molar-refractivity contribution is -0.147. The minimum Gasteiger partial charge on any atom is -0.479 e. The van der Waals surface area contributed by atoms with E-state index in [9.17, 15) is 9.59 Å². The van der Waals surface area contributed by atoms with Gasteiger partial charge in [0.2, 0.25) is 0 Å². The number of aromatic amines is 1. The quantitative estimate of drug-likeness (QED) is 0.203. The average molecular weight is 496 g/mol. The zero-order chi connectivity index (χ0) is 26.0. The number of hydrogen-bond acceptors (Lipinski definition) is 4. The van der Waals surface area contributed by atoms with E-state index in [-0.39, 0.29) is 11.5 Å². The lowest BCUT2D eigenvalue weighted by Gasteiger charge is -2.19. The van der Waals surface area contributed by atoms with Gasteiger partial charge in [-0.1, -0.05) is 72.8 Å². The van der Waals surface area contributed by atoms with Crippen molar-refractivity contribution >= 4 is 5.97 Å². The average Bonchev–Trinajstić information content (AvgIpc) is 2.93. The van der Waals surface area contributed by atoms with E-state index in [1.807, 2.05) is 66.9 Å². The van der Waals surface area contributed by atoms with Crippen LogP contribution in [-0.4, -0.2) is 24.2 Å². The number of H-pyrrole nitrogens is 1. The third kappa shape index (κ3) is 6.98. The maximum Gasteiger partial charge on any atom is 0.346 e. The highest BCUT2D eigenvalue weighted by atomic mass is 16.6. The maximum atomic E-state index is 12.6. The summed E-state index contributed by atoms with van der Waals surface area (Å²) >= 11 is 0. The highest BCUT2D eigenvalue weighted by Crippen LogP contribution is 2.31. The minimum atomic E-state index is -0.658. The van der Waals surface area contributed by atoms with Crippen molar-refractivity contribution in [3.05, 3.63) is 135 Å². The normalized spacial score (nSPS) is 11.8. The lowest BCUT2D eigenvalue weighted by Crippen LogP contribution is -2.24. The van der Waals surface area contributed by atoms with Gasteiger partial charge in [-0.25, -0.2) is 4.79 Å². The SMILES string of the molecule is COC(=O)[C@H](C)Oc1cccc(CCCCc2cc(C(c3ccccc3)c3ccccc3)c[nH]c2=O)c1. The van der Waals surface area contributed by atoms with E-state index < -0.39 is 12.1 Å². The van der Waals surface area contributed by atoms with Crippen molar-refractivity contribution in [3.8, 4) is 5.75 Å². The Bertz CT molecular complexity index is 1310. The first kappa shape index (κ1) is 26.0. The Hall–Kier alpha value is -4.12. The second-order valence-electron chi connectivity index (χ2n) is 9.18. The molecule has 1 aromatic heterocycles. The Labute approximate surface area is 218 Å². The molecule has 4 aromatic rings. The summed E-state index contributed by atoms with van der Waals surface area (Å²) in [5, 5.41) is 0. The molecule has 0 aliphatic rings. The van der Waals surface area contributed by atoms with E-state index in [0.717, 1.165) is 36.0 Å². The molecule has 0 aliphatic heterocycles. The molecule has 1 heterocycles. The van der Waals surface area contributed by atoms with Crippen LogP contribution in [-0.2, 0) is 22.4 Å². The number of carbonyl (C=O) groups is 1. The summed E-state index contributed by atoms with van der Waals surface area (Å²) in [5.74, 6) is 0.292. The first-order chi connectivity index (χ1) is 18.0. The first-order valence-corrected chi connectivity index (χ1v) is 12.7. The van der Waals surface area contributed by atoms with Gasteiger partial charge in [0, 0.05) is 17.7 Å². The van der Waals surface area contributed by atoms with Crippen molar-refractivity contribution in [2.45, 2.75) is 44.6 Å². The highest BCUT2D eigenvalue weighted by Gasteiger charge is 2.18. The van der Waals surface area contributed by atoms with E-state index in [2.05, 4.69) is 35.3 Å². The molecule has 0 fully saturated rings. The molecule has 5 nitrogen and oxygen atoms in total. The zero-order valence-corrected chi connectivity index (χ0v) is 21.4. The van der Waals surface area contributed by atoms with Gasteiger partial charge in [-0.15, -0.1) is 0 Å². The van der Waals surface area contributed by atoms with Gasteiger partial charge in [0.1, 0.15) is 5.75 Å². The molecule has 0 amide bonds. The van der Waals surface area contributed by atoms with Gasteiger partial charge in [-0.05, 0) is 73.1 Å². The second-order valence-corrected chi connectivity index (χ2v) is 9.18. The van der Waals surface area contributed by atoms with Gasteiger partial charge in [-0.3, -0.25) is 4.79 Å². The van der Waals surface area contributed by atoms with Gasteiger partial charge in [0.25, 0.3) is 5.56 Å². The Morgan fingerprint density at radius 1 is 0.811 bits per heavy atom. The molecule has 0 saturated heterocycles. The molecule has 0 radical (unpaired) electrons. The summed E-state index contributed by atoms with van der Waals surface area (Å²) in [5.41, 5.74) is 5.36. The van der Waals surface area contributed by atoms with Crippen molar-refractivity contribution in [2.24, 2.45) is 0 Å². The van der Waals surface area contributed by atoms with Crippen LogP contribution >= 0.6 is 0 Å². The fourth-order valence-corrected chi connectivity index (χ4v) is 4.61. The molecule has 0 saturated carbocycles. The number of aromatic nitrogens is 1. The summed E-state index contributed by atoms with van der Waals surface area (Å²) in [4.78, 5) is 27.3. The van der Waals surface area contributed by atoms with Crippen LogP contribution in [0.25, 0.3) is 0 Å². The number of carbonyl (C=O) groups excluding carboxylic acids is 1. The Morgan fingerprint density at radius 2 is 1.46 bits per heavy atom. The summed E-state index contributed by atoms with van der Waals surface area (Å²) < 4.78 is 10.4. The van der Waals surface area contributed by atoms with Crippen LogP contribution < -0.4 is 10.3 Å². The van der Waals surface area contributed by atoms with Crippen LogP contribution in [0, 0.1) is 0 Å². The molecular weight excluding hydrogens is 462 g/mol. The summed E-state index contributed by atoms with van der Waals surface area (Å²) in [6, 6.07) is 30.6. The molecular formula is C32H33NO4. The van der Waals surface area contributed by atoms with Gasteiger partial charge in [0.05, 0.1) is 7.11 Å². The van der Waals surface area contributed by atoms with E-state index in [1.54, 1.807) is 6.92 Å². The standard InChI is InChI=1S/C32H33NO4/c1-23(32(35)36-2)37-29-19-11-13-24(20-29)12-9-10-18-27-21-28(22-33-31(27)34)30(25-14-5-3-6-15-25)26-16-7-4-8-17-26/h3-8,11,13-17,19-23,30H,9-10,12,18H2,1-2H3,(H,33,34)/t23-/m0/s1. The predicted octanol–water partition coefficient (Wildman–Crippen LogP) is 6.06. The number of pyridine rings is 1. The molecule has 0 spiro atoms. The predicted molar refractivity (Wildman–Crippen MR) is 146 cm³/mol. The molecule has 0 bridgehead atoms. The summed E-state index contributed by atoms with van der Waals surface area (Å²) in [6.45, 7) is 1.67. The Morgan fingerprint density at radius 3 is 2.11 bits per heavy atom. The number of ether oxygens (including phenoxy) is 2. The number of aryl methyl sites for hydroxylation is 2. The number of methoxy groups -OCH3 is 1. The molecule has 0 unspecified atom stereocenters. The van der Waals surface area contributed by atoms with Crippen LogP contribution in [0.15, 0.2) is 102 Å². The molecule has 3 aromatic carbocycles. The third-order valence-corrected chi connectivity index (χ3v) is 6.51.